The quantitative estimate of drug-likeness (QED) is 0.660. The molecule has 0 radical (unpaired) electrons. The van der Waals surface area contributed by atoms with Crippen molar-refractivity contribution in [1.29, 1.82) is 0 Å². The van der Waals surface area contributed by atoms with Crippen molar-refractivity contribution in [3.05, 3.63) is 29.8 Å². The van der Waals surface area contributed by atoms with Gasteiger partial charge in [0.25, 0.3) is 5.91 Å². The molecule has 1 aromatic carbocycles. The highest BCUT2D eigenvalue weighted by atomic mass is 35.5. The third-order valence-corrected chi connectivity index (χ3v) is 6.58. The van der Waals surface area contributed by atoms with Crippen LogP contribution in [0, 0.1) is 0 Å². The molecule has 1 aliphatic heterocycles. The Kier molecular flexibility index (Phi) is 9.88. The minimum absolute atomic E-state index is 0. The second-order valence-corrected chi connectivity index (χ2v) is 8.22. The molecule has 0 saturated carbocycles. The predicted molar refractivity (Wildman–Crippen MR) is 110 cm³/mol. The molecule has 2 rings (SSSR count). The maximum Gasteiger partial charge on any atom is 0.251 e. The lowest BCUT2D eigenvalue weighted by atomic mass is 10.2. The van der Waals surface area contributed by atoms with E-state index in [0.29, 0.717) is 26.2 Å². The first kappa shape index (κ1) is 24.4. The van der Waals surface area contributed by atoms with E-state index < -0.39 is 15.9 Å². The van der Waals surface area contributed by atoms with Gasteiger partial charge >= 0.3 is 0 Å². The van der Waals surface area contributed by atoms with Crippen LogP contribution in [0.5, 0.6) is 0 Å². The van der Waals surface area contributed by atoms with Crippen molar-refractivity contribution >= 4 is 34.2 Å². The molecule has 1 fully saturated rings. The molecule has 0 spiro atoms. The Morgan fingerprint density at radius 3 is 2.57 bits per heavy atom. The number of hydrogen-bond donors (Lipinski definition) is 2. The molecular formula is C18H29ClN4O4S. The van der Waals surface area contributed by atoms with Crippen molar-refractivity contribution < 1.29 is 18.0 Å². The molecule has 1 saturated heterocycles. The van der Waals surface area contributed by atoms with Crippen molar-refractivity contribution in [2.24, 2.45) is 0 Å². The van der Waals surface area contributed by atoms with Crippen LogP contribution >= 0.6 is 12.4 Å². The number of nitrogens with zero attached hydrogens (tertiary/aromatic N) is 2. The van der Waals surface area contributed by atoms with Crippen LogP contribution in [-0.2, 0) is 14.8 Å². The topological polar surface area (TPSA) is 98.8 Å². The summed E-state index contributed by atoms with van der Waals surface area (Å²) >= 11 is 0. The van der Waals surface area contributed by atoms with Crippen LogP contribution in [0.15, 0.2) is 29.2 Å². The van der Waals surface area contributed by atoms with Crippen LogP contribution in [0.4, 0.5) is 0 Å². The van der Waals surface area contributed by atoms with Crippen molar-refractivity contribution in [2.45, 2.75) is 25.2 Å². The van der Waals surface area contributed by atoms with Crippen LogP contribution in [0.1, 0.15) is 30.6 Å². The average molecular weight is 433 g/mol. The number of carbonyl (C=O) groups excluding carboxylic acids is 2. The van der Waals surface area contributed by atoms with Gasteiger partial charge in [0, 0.05) is 38.3 Å². The molecule has 2 N–H and O–H groups in total. The summed E-state index contributed by atoms with van der Waals surface area (Å²) in [7, 11) is -3.64. The Hall–Kier alpha value is -1.68. The summed E-state index contributed by atoms with van der Waals surface area (Å²) in [4.78, 5) is 26.4. The number of nitrogens with one attached hydrogen (secondary N) is 2. The molecule has 10 heteroatoms. The molecule has 8 nitrogen and oxygen atoms in total. The molecule has 0 aliphatic carbocycles. The van der Waals surface area contributed by atoms with E-state index in [9.17, 15) is 18.0 Å². The number of sulfonamides is 1. The molecule has 1 heterocycles. The van der Waals surface area contributed by atoms with Crippen LogP contribution in [0.25, 0.3) is 0 Å². The van der Waals surface area contributed by atoms with E-state index in [1.807, 2.05) is 0 Å². The first-order chi connectivity index (χ1) is 12.9. The smallest absolute Gasteiger partial charge is 0.251 e. The zero-order chi connectivity index (χ0) is 19.9. The Bertz CT molecular complexity index is 761. The number of amides is 2. The predicted octanol–water partition coefficient (Wildman–Crippen LogP) is 0.691. The van der Waals surface area contributed by atoms with Crippen LogP contribution < -0.4 is 10.6 Å². The summed E-state index contributed by atoms with van der Waals surface area (Å²) in [5.74, 6) is -0.605. The molecule has 2 amide bonds. The highest BCUT2D eigenvalue weighted by molar-refractivity contribution is 7.89. The van der Waals surface area contributed by atoms with Crippen molar-refractivity contribution in [2.75, 3.05) is 45.8 Å². The lowest BCUT2D eigenvalue weighted by Gasteiger charge is -2.20. The van der Waals surface area contributed by atoms with Gasteiger partial charge < -0.3 is 15.5 Å². The second kappa shape index (κ2) is 11.4. The van der Waals surface area contributed by atoms with E-state index in [0.717, 1.165) is 19.5 Å². The summed E-state index contributed by atoms with van der Waals surface area (Å²) in [6.45, 7) is 7.04. The van der Waals surface area contributed by atoms with Gasteiger partial charge in [-0.25, -0.2) is 8.42 Å². The first-order valence-electron chi connectivity index (χ1n) is 9.27. The summed E-state index contributed by atoms with van der Waals surface area (Å²) in [5.41, 5.74) is 0.216. The van der Waals surface area contributed by atoms with E-state index in [1.165, 1.54) is 28.6 Å². The summed E-state index contributed by atoms with van der Waals surface area (Å²) in [6.07, 6.45) is 0.880. The summed E-state index contributed by atoms with van der Waals surface area (Å²) in [5, 5.41) is 5.81. The monoisotopic (exact) mass is 432 g/mol. The third-order valence-electron chi connectivity index (χ3n) is 4.53. The summed E-state index contributed by atoms with van der Waals surface area (Å²) in [6, 6.07) is 5.90. The minimum atomic E-state index is -3.64. The molecule has 28 heavy (non-hydrogen) atoms. The van der Waals surface area contributed by atoms with Crippen molar-refractivity contribution in [1.82, 2.24) is 19.8 Å². The van der Waals surface area contributed by atoms with Gasteiger partial charge in [-0.1, -0.05) is 19.9 Å². The standard InChI is InChI=1S/C18H28N4O4S.ClH/c1-3-22(4-2)27(25,26)16-8-5-7-15(13-16)18(24)20-14-17(23)21-11-6-9-19-10-12-21;/h5,7-8,13,19H,3-4,6,9-12,14H2,1-2H3,(H,20,24);1H. The second-order valence-electron chi connectivity index (χ2n) is 6.28. The van der Waals surface area contributed by atoms with Crippen molar-refractivity contribution in [3.63, 3.8) is 0 Å². The number of carbonyl (C=O) groups is 2. The third kappa shape index (κ3) is 6.16. The van der Waals surface area contributed by atoms with E-state index in [4.69, 9.17) is 0 Å². The maximum atomic E-state index is 12.6. The van der Waals surface area contributed by atoms with Gasteiger partial charge in [-0.2, -0.15) is 4.31 Å². The van der Waals surface area contributed by atoms with Crippen LogP contribution in [0.2, 0.25) is 0 Å². The Labute approximate surface area is 173 Å². The van der Waals surface area contributed by atoms with Crippen LogP contribution in [0.3, 0.4) is 0 Å². The molecular weight excluding hydrogens is 404 g/mol. The lowest BCUT2D eigenvalue weighted by molar-refractivity contribution is -0.129. The molecule has 1 aromatic rings. The van der Waals surface area contributed by atoms with Crippen molar-refractivity contribution in [3.8, 4) is 0 Å². The maximum absolute atomic E-state index is 12.6. The number of benzene rings is 1. The average Bonchev–Trinajstić information content (AvgIpc) is 2.96. The Morgan fingerprint density at radius 2 is 1.89 bits per heavy atom. The Morgan fingerprint density at radius 1 is 1.18 bits per heavy atom. The van der Waals surface area contributed by atoms with E-state index in [-0.39, 0.29) is 35.3 Å². The molecule has 1 aliphatic rings. The molecule has 158 valence electrons. The highest BCUT2D eigenvalue weighted by Gasteiger charge is 2.23. The van der Waals surface area contributed by atoms with Crippen LogP contribution in [-0.4, -0.2) is 75.3 Å². The lowest BCUT2D eigenvalue weighted by Crippen LogP contribution is -2.41. The number of hydrogen-bond acceptors (Lipinski definition) is 5. The van der Waals surface area contributed by atoms with Gasteiger partial charge in [0.1, 0.15) is 0 Å². The van der Waals surface area contributed by atoms with Gasteiger partial charge in [0.05, 0.1) is 11.4 Å². The van der Waals surface area contributed by atoms with Gasteiger partial charge in [-0.15, -0.1) is 12.4 Å². The minimum Gasteiger partial charge on any atom is -0.343 e. The molecule has 0 bridgehead atoms. The van der Waals surface area contributed by atoms with Gasteiger partial charge in [0.2, 0.25) is 15.9 Å². The number of rotatable bonds is 7. The fourth-order valence-corrected chi connectivity index (χ4v) is 4.48. The van der Waals surface area contributed by atoms with Gasteiger partial charge in [-0.05, 0) is 31.2 Å². The fourth-order valence-electron chi connectivity index (χ4n) is 2.98. The summed E-state index contributed by atoms with van der Waals surface area (Å²) < 4.78 is 26.5. The Balaban J connectivity index is 0.00000392. The molecule has 0 atom stereocenters. The van der Waals surface area contributed by atoms with Gasteiger partial charge in [-0.3, -0.25) is 9.59 Å². The fraction of sp³-hybridized carbons (Fsp3) is 0.556. The highest BCUT2D eigenvalue weighted by Crippen LogP contribution is 2.17. The SMILES string of the molecule is CCN(CC)S(=O)(=O)c1cccc(C(=O)NCC(=O)N2CCCNCC2)c1.Cl. The largest absolute Gasteiger partial charge is 0.343 e. The molecule has 0 unspecified atom stereocenters. The van der Waals surface area contributed by atoms with E-state index in [2.05, 4.69) is 10.6 Å². The first-order valence-corrected chi connectivity index (χ1v) is 10.7. The number of halogens is 1. The van der Waals surface area contributed by atoms with E-state index in [1.54, 1.807) is 18.7 Å². The zero-order valence-electron chi connectivity index (χ0n) is 16.3. The van der Waals surface area contributed by atoms with E-state index >= 15 is 0 Å². The van der Waals surface area contributed by atoms with Gasteiger partial charge in [0.15, 0.2) is 0 Å². The molecule has 0 aromatic heterocycles. The zero-order valence-corrected chi connectivity index (χ0v) is 17.9. The normalized spacial score (nSPS) is 14.9.